The van der Waals surface area contributed by atoms with E-state index < -0.39 is 0 Å². The van der Waals surface area contributed by atoms with Crippen LogP contribution in [-0.4, -0.2) is 24.1 Å². The van der Waals surface area contributed by atoms with E-state index in [1.165, 1.54) is 33.0 Å². The molecule has 7 aromatic carbocycles. The third-order valence-electron chi connectivity index (χ3n) is 11.2. The lowest BCUT2D eigenvalue weighted by atomic mass is 9.82. The highest BCUT2D eigenvalue weighted by Gasteiger charge is 2.37. The molecule has 1 aliphatic rings. The Morgan fingerprint density at radius 3 is 1.70 bits per heavy atom. The fraction of sp³-hybridized carbons (Fsp3) is 0.0625. The van der Waals surface area contributed by atoms with Crippen LogP contribution in [0.3, 0.4) is 0 Å². The highest BCUT2D eigenvalue weighted by Crippen LogP contribution is 2.52. The molecule has 5 nitrogen and oxygen atoms in total. The number of fused-ring (bicyclic) bond motifs is 10. The first-order valence-corrected chi connectivity index (χ1v) is 18.1. The lowest BCUT2D eigenvalue weighted by Crippen LogP contribution is -2.14. The largest absolute Gasteiger partial charge is 0.307 e. The van der Waals surface area contributed by atoms with Crippen molar-refractivity contribution in [1.29, 1.82) is 0 Å². The molecule has 1 aliphatic carbocycles. The molecule has 0 radical (unpaired) electrons. The summed E-state index contributed by atoms with van der Waals surface area (Å²) < 4.78 is 4.66. The Labute approximate surface area is 306 Å². The van der Waals surface area contributed by atoms with E-state index in [2.05, 4.69) is 169 Å². The summed E-state index contributed by atoms with van der Waals surface area (Å²) in [6.45, 7) is 4.62. The molecule has 0 spiro atoms. The molecule has 3 heterocycles. The van der Waals surface area contributed by atoms with Crippen LogP contribution in [0, 0.1) is 0 Å². The van der Waals surface area contributed by atoms with Gasteiger partial charge in [-0.25, -0.2) is 4.98 Å². The molecule has 0 aliphatic heterocycles. The fourth-order valence-corrected chi connectivity index (χ4v) is 8.80. The molecule has 11 rings (SSSR count). The van der Waals surface area contributed by atoms with Crippen LogP contribution >= 0.6 is 0 Å². The van der Waals surface area contributed by atoms with Crippen LogP contribution in [0.5, 0.6) is 0 Å². The Morgan fingerprint density at radius 2 is 0.962 bits per heavy atom. The zero-order chi connectivity index (χ0) is 35.3. The summed E-state index contributed by atoms with van der Waals surface area (Å²) in [6.07, 6.45) is 0. The number of para-hydroxylation sites is 3. The van der Waals surface area contributed by atoms with Crippen LogP contribution in [0.2, 0.25) is 0 Å². The van der Waals surface area contributed by atoms with Crippen LogP contribution in [0.25, 0.3) is 89.2 Å². The molecule has 0 saturated heterocycles. The van der Waals surface area contributed by atoms with E-state index in [0.717, 1.165) is 49.7 Å². The van der Waals surface area contributed by atoms with Crippen LogP contribution in [0.1, 0.15) is 25.0 Å². The van der Waals surface area contributed by atoms with Crippen molar-refractivity contribution in [3.63, 3.8) is 0 Å². The third kappa shape index (κ3) is 4.22. The highest BCUT2D eigenvalue weighted by molar-refractivity contribution is 6.23. The molecule has 3 aromatic heterocycles. The van der Waals surface area contributed by atoms with E-state index in [1.54, 1.807) is 0 Å². The van der Waals surface area contributed by atoms with Crippen LogP contribution < -0.4 is 0 Å². The average Bonchev–Trinajstić information content (AvgIpc) is 3.82. The zero-order valence-electron chi connectivity index (χ0n) is 29.3. The van der Waals surface area contributed by atoms with E-state index in [1.807, 2.05) is 18.2 Å². The third-order valence-corrected chi connectivity index (χ3v) is 11.2. The quantitative estimate of drug-likeness (QED) is 0.186. The minimum absolute atomic E-state index is 0.149. The Hall–Kier alpha value is -6.85. The standard InChI is InChI=1S/C48H33N5/c1-48(2)38-24-12-9-22-36(38)42-37(23-15-25-39(42)48)46-49-45(30-16-5-3-6-17-30)50-47(51-46)53-41-27-14-11-21-33(41)35-29-28-34-32-20-10-13-26-40(32)52(43(34)44(35)53)31-18-7-4-8-19-31/h3-29H,1-2H3. The van der Waals surface area contributed by atoms with Crippen molar-refractivity contribution in [2.45, 2.75) is 19.3 Å². The van der Waals surface area contributed by atoms with Crippen LogP contribution in [0.4, 0.5) is 0 Å². The van der Waals surface area contributed by atoms with E-state index in [0.29, 0.717) is 17.6 Å². The van der Waals surface area contributed by atoms with Gasteiger partial charge in [-0.1, -0.05) is 153 Å². The van der Waals surface area contributed by atoms with Gasteiger partial charge >= 0.3 is 0 Å². The summed E-state index contributed by atoms with van der Waals surface area (Å²) in [5.74, 6) is 1.87. The predicted octanol–water partition coefficient (Wildman–Crippen LogP) is 11.7. The molecular formula is C48H33N5. The molecule has 5 heteroatoms. The second-order valence-electron chi connectivity index (χ2n) is 14.4. The molecule has 0 bridgehead atoms. The minimum Gasteiger partial charge on any atom is -0.307 e. The summed E-state index contributed by atoms with van der Waals surface area (Å²) in [6, 6.07) is 58.1. The fourth-order valence-electron chi connectivity index (χ4n) is 8.80. The molecule has 0 atom stereocenters. The number of rotatable bonds is 4. The zero-order valence-corrected chi connectivity index (χ0v) is 29.3. The van der Waals surface area contributed by atoms with Gasteiger partial charge in [0.2, 0.25) is 5.95 Å². The number of nitrogens with zero attached hydrogens (tertiary/aromatic N) is 5. The summed E-state index contributed by atoms with van der Waals surface area (Å²) in [4.78, 5) is 16.1. The average molecular weight is 680 g/mol. The van der Waals surface area contributed by atoms with Crippen molar-refractivity contribution in [3.8, 4) is 45.5 Å². The lowest BCUT2D eigenvalue weighted by Gasteiger charge is -2.21. The van der Waals surface area contributed by atoms with Gasteiger partial charge in [-0.3, -0.25) is 4.57 Å². The van der Waals surface area contributed by atoms with Crippen molar-refractivity contribution >= 4 is 43.6 Å². The van der Waals surface area contributed by atoms with E-state index in [4.69, 9.17) is 15.0 Å². The van der Waals surface area contributed by atoms with Crippen molar-refractivity contribution in [2.75, 3.05) is 0 Å². The summed E-state index contributed by atoms with van der Waals surface area (Å²) in [7, 11) is 0. The van der Waals surface area contributed by atoms with Gasteiger partial charge in [0, 0.05) is 43.8 Å². The molecule has 0 amide bonds. The molecule has 0 N–H and O–H groups in total. The number of benzene rings is 7. The van der Waals surface area contributed by atoms with Gasteiger partial charge in [-0.2, -0.15) is 9.97 Å². The Kier molecular flexibility index (Phi) is 6.23. The Morgan fingerprint density at radius 1 is 0.415 bits per heavy atom. The van der Waals surface area contributed by atoms with Crippen molar-refractivity contribution in [3.05, 3.63) is 175 Å². The first-order chi connectivity index (χ1) is 26.1. The molecule has 0 saturated carbocycles. The molecule has 0 fully saturated rings. The molecule has 10 aromatic rings. The second kappa shape index (κ2) is 11.1. The first-order valence-electron chi connectivity index (χ1n) is 18.1. The predicted molar refractivity (Wildman–Crippen MR) is 217 cm³/mol. The van der Waals surface area contributed by atoms with Crippen molar-refractivity contribution in [1.82, 2.24) is 24.1 Å². The number of hydrogen-bond acceptors (Lipinski definition) is 3. The molecule has 250 valence electrons. The minimum atomic E-state index is -0.149. The summed E-state index contributed by atoms with van der Waals surface area (Å²) >= 11 is 0. The van der Waals surface area contributed by atoms with Crippen molar-refractivity contribution < 1.29 is 0 Å². The van der Waals surface area contributed by atoms with Crippen LogP contribution in [0.15, 0.2) is 164 Å². The molecular weight excluding hydrogens is 647 g/mol. The van der Waals surface area contributed by atoms with Gasteiger partial charge in [-0.05, 0) is 46.5 Å². The van der Waals surface area contributed by atoms with Gasteiger partial charge in [0.1, 0.15) is 0 Å². The van der Waals surface area contributed by atoms with E-state index in [-0.39, 0.29) is 5.41 Å². The van der Waals surface area contributed by atoms with Gasteiger partial charge in [0.25, 0.3) is 0 Å². The monoisotopic (exact) mass is 679 g/mol. The highest BCUT2D eigenvalue weighted by atomic mass is 15.2. The normalized spacial score (nSPS) is 13.2. The van der Waals surface area contributed by atoms with Gasteiger partial charge in [0.05, 0.1) is 22.1 Å². The number of aromatic nitrogens is 5. The maximum absolute atomic E-state index is 5.46. The van der Waals surface area contributed by atoms with Gasteiger partial charge < -0.3 is 4.57 Å². The van der Waals surface area contributed by atoms with Crippen LogP contribution in [-0.2, 0) is 5.41 Å². The summed E-state index contributed by atoms with van der Waals surface area (Å²) in [5, 5.41) is 4.67. The SMILES string of the molecule is CC1(C)c2ccccc2-c2c(-c3nc(-c4ccccc4)nc(-n4c5ccccc5c5ccc6c7ccccc7n(-c7ccccc7)c6c54)n3)cccc21. The van der Waals surface area contributed by atoms with Gasteiger partial charge in [0.15, 0.2) is 11.6 Å². The molecule has 0 unspecified atom stereocenters. The Balaban J connectivity index is 1.29. The van der Waals surface area contributed by atoms with E-state index >= 15 is 0 Å². The maximum Gasteiger partial charge on any atom is 0.238 e. The lowest BCUT2D eigenvalue weighted by molar-refractivity contribution is 0.660. The smallest absolute Gasteiger partial charge is 0.238 e. The van der Waals surface area contributed by atoms with Crippen molar-refractivity contribution in [2.24, 2.45) is 0 Å². The molecule has 53 heavy (non-hydrogen) atoms. The van der Waals surface area contributed by atoms with E-state index in [9.17, 15) is 0 Å². The van der Waals surface area contributed by atoms with Gasteiger partial charge in [-0.15, -0.1) is 0 Å². The number of hydrogen-bond donors (Lipinski definition) is 0. The second-order valence-corrected chi connectivity index (χ2v) is 14.4. The maximum atomic E-state index is 5.46. The Bertz CT molecular complexity index is 3080. The topological polar surface area (TPSA) is 48.5 Å². The summed E-state index contributed by atoms with van der Waals surface area (Å²) in [5.41, 5.74) is 12.3. The first kappa shape index (κ1) is 29.8.